The van der Waals surface area contributed by atoms with Gasteiger partial charge in [-0.05, 0) is 18.6 Å². The van der Waals surface area contributed by atoms with E-state index in [9.17, 15) is 9.59 Å². The second kappa shape index (κ2) is 5.73. The van der Waals surface area contributed by atoms with Crippen LogP contribution < -0.4 is 10.6 Å². The summed E-state index contributed by atoms with van der Waals surface area (Å²) in [6.45, 7) is 2.52. The molecule has 0 aromatic heterocycles. The lowest BCUT2D eigenvalue weighted by Gasteiger charge is -2.23. The lowest BCUT2D eigenvalue weighted by Crippen LogP contribution is -2.46. The van der Waals surface area contributed by atoms with Gasteiger partial charge < -0.3 is 15.5 Å². The first kappa shape index (κ1) is 13.4. The predicted octanol–water partition coefficient (Wildman–Crippen LogP) is 0.618. The highest BCUT2D eigenvalue weighted by Crippen LogP contribution is 2.25. The summed E-state index contributed by atoms with van der Waals surface area (Å²) in [7, 11) is 1.57. The summed E-state index contributed by atoms with van der Waals surface area (Å²) in [5, 5.41) is 5.76. The zero-order valence-electron chi connectivity index (χ0n) is 11.3. The summed E-state index contributed by atoms with van der Waals surface area (Å²) in [4.78, 5) is 25.3. The Kier molecular flexibility index (Phi) is 4.04. The summed E-state index contributed by atoms with van der Waals surface area (Å²) < 4.78 is 0. The van der Waals surface area contributed by atoms with Gasteiger partial charge in [0.2, 0.25) is 11.8 Å². The van der Waals surface area contributed by atoms with E-state index >= 15 is 0 Å². The quantitative estimate of drug-likeness (QED) is 0.835. The van der Waals surface area contributed by atoms with E-state index in [1.54, 1.807) is 11.9 Å². The molecule has 2 rings (SSSR count). The van der Waals surface area contributed by atoms with Gasteiger partial charge in [0.1, 0.15) is 6.04 Å². The number of hydrogen-bond acceptors (Lipinski definition) is 3. The van der Waals surface area contributed by atoms with E-state index in [0.717, 1.165) is 11.3 Å². The molecule has 1 atom stereocenters. The Morgan fingerprint density at radius 3 is 2.79 bits per heavy atom. The maximum absolute atomic E-state index is 12.4. The number of amides is 2. The highest BCUT2D eigenvalue weighted by atomic mass is 16.2. The summed E-state index contributed by atoms with van der Waals surface area (Å²) in [6, 6.07) is 7.64. The summed E-state index contributed by atoms with van der Waals surface area (Å²) in [5.74, 6) is -0.173. The van der Waals surface area contributed by atoms with Crippen molar-refractivity contribution in [3.8, 4) is 0 Å². The average molecular weight is 261 g/mol. The van der Waals surface area contributed by atoms with Gasteiger partial charge >= 0.3 is 0 Å². The molecule has 0 aliphatic carbocycles. The van der Waals surface area contributed by atoms with Gasteiger partial charge in [-0.1, -0.05) is 18.2 Å². The normalized spacial score (nSPS) is 16.4. The number of hydrogen-bond donors (Lipinski definition) is 2. The van der Waals surface area contributed by atoms with Crippen molar-refractivity contribution in [2.45, 2.75) is 19.4 Å². The van der Waals surface area contributed by atoms with E-state index in [0.29, 0.717) is 13.0 Å². The van der Waals surface area contributed by atoms with Gasteiger partial charge in [-0.25, -0.2) is 0 Å². The molecule has 0 saturated heterocycles. The molecule has 1 aliphatic rings. The topological polar surface area (TPSA) is 61.4 Å². The van der Waals surface area contributed by atoms with Crippen molar-refractivity contribution in [3.05, 3.63) is 29.8 Å². The molecule has 2 N–H and O–H groups in total. The van der Waals surface area contributed by atoms with Crippen molar-refractivity contribution in [3.63, 3.8) is 0 Å². The molecule has 1 aromatic carbocycles. The van der Waals surface area contributed by atoms with Crippen LogP contribution in [0.5, 0.6) is 0 Å². The summed E-state index contributed by atoms with van der Waals surface area (Å²) >= 11 is 0. The Morgan fingerprint density at radius 2 is 2.16 bits per heavy atom. The number of nitrogens with zero attached hydrogens (tertiary/aromatic N) is 1. The first-order valence-electron chi connectivity index (χ1n) is 6.49. The van der Waals surface area contributed by atoms with Crippen LogP contribution in [-0.2, 0) is 16.0 Å². The molecule has 102 valence electrons. The standard InChI is InChI=1S/C14H19N3O2/c1-3-17(9-13(18)15-2)14(19)12-8-10-6-4-5-7-11(10)16-12/h4-7,12,16H,3,8-9H2,1-2H3,(H,15,18). The summed E-state index contributed by atoms with van der Waals surface area (Å²) in [6.07, 6.45) is 0.680. The fraction of sp³-hybridized carbons (Fsp3) is 0.429. The molecule has 1 aliphatic heterocycles. The van der Waals surface area contributed by atoms with Gasteiger partial charge in [0, 0.05) is 25.7 Å². The number of para-hydroxylation sites is 1. The fourth-order valence-electron chi connectivity index (χ4n) is 2.27. The molecule has 0 fully saturated rings. The highest BCUT2D eigenvalue weighted by Gasteiger charge is 2.29. The minimum atomic E-state index is -0.262. The third kappa shape index (κ3) is 2.86. The first-order chi connectivity index (χ1) is 9.15. The Bertz CT molecular complexity index is 462. The molecule has 1 aromatic rings. The van der Waals surface area contributed by atoms with Gasteiger partial charge in [0.15, 0.2) is 0 Å². The van der Waals surface area contributed by atoms with E-state index in [-0.39, 0.29) is 24.4 Å². The van der Waals surface area contributed by atoms with E-state index < -0.39 is 0 Å². The number of nitrogens with one attached hydrogen (secondary N) is 2. The molecule has 1 heterocycles. The predicted molar refractivity (Wildman–Crippen MR) is 73.9 cm³/mol. The third-order valence-corrected chi connectivity index (χ3v) is 3.38. The summed E-state index contributed by atoms with van der Waals surface area (Å²) in [5.41, 5.74) is 2.16. The minimum absolute atomic E-state index is 0.0256. The highest BCUT2D eigenvalue weighted by molar-refractivity contribution is 5.90. The van der Waals surface area contributed by atoms with Gasteiger partial charge in [0.05, 0.1) is 6.54 Å². The van der Waals surface area contributed by atoms with Crippen LogP contribution >= 0.6 is 0 Å². The maximum atomic E-state index is 12.4. The molecule has 0 bridgehead atoms. The van der Waals surface area contributed by atoms with Crippen molar-refractivity contribution in [1.82, 2.24) is 10.2 Å². The number of carbonyl (C=O) groups excluding carboxylic acids is 2. The molecule has 0 spiro atoms. The number of anilines is 1. The number of carbonyl (C=O) groups is 2. The van der Waals surface area contributed by atoms with Crippen LogP contribution in [0, 0.1) is 0 Å². The minimum Gasteiger partial charge on any atom is -0.373 e. The van der Waals surface area contributed by atoms with Crippen LogP contribution in [0.15, 0.2) is 24.3 Å². The molecule has 1 unspecified atom stereocenters. The molecular weight excluding hydrogens is 242 g/mol. The van der Waals surface area contributed by atoms with Crippen LogP contribution in [0.3, 0.4) is 0 Å². The van der Waals surface area contributed by atoms with Crippen LogP contribution in [0.1, 0.15) is 12.5 Å². The Hall–Kier alpha value is -2.04. The van der Waals surface area contributed by atoms with Crippen molar-refractivity contribution in [2.75, 3.05) is 25.5 Å². The van der Waals surface area contributed by atoms with Crippen molar-refractivity contribution in [2.24, 2.45) is 0 Å². The average Bonchev–Trinajstić information content (AvgIpc) is 2.87. The second-order valence-corrected chi connectivity index (χ2v) is 4.58. The van der Waals surface area contributed by atoms with Crippen molar-refractivity contribution >= 4 is 17.5 Å². The molecule has 5 nitrogen and oxygen atoms in total. The van der Waals surface area contributed by atoms with Crippen molar-refractivity contribution < 1.29 is 9.59 Å². The maximum Gasteiger partial charge on any atom is 0.245 e. The van der Waals surface area contributed by atoms with E-state index in [4.69, 9.17) is 0 Å². The number of fused-ring (bicyclic) bond motifs is 1. The monoisotopic (exact) mass is 261 g/mol. The van der Waals surface area contributed by atoms with Gasteiger partial charge in [-0.15, -0.1) is 0 Å². The van der Waals surface area contributed by atoms with E-state index in [1.807, 2.05) is 31.2 Å². The first-order valence-corrected chi connectivity index (χ1v) is 6.49. The molecule has 0 saturated carbocycles. The Balaban J connectivity index is 2.03. The van der Waals surface area contributed by atoms with Crippen LogP contribution in [-0.4, -0.2) is 42.9 Å². The number of benzene rings is 1. The zero-order chi connectivity index (χ0) is 13.8. The van der Waals surface area contributed by atoms with E-state index in [2.05, 4.69) is 10.6 Å². The van der Waals surface area contributed by atoms with Gasteiger partial charge in [-0.2, -0.15) is 0 Å². The molecular formula is C14H19N3O2. The second-order valence-electron chi connectivity index (χ2n) is 4.58. The van der Waals surface area contributed by atoms with Crippen LogP contribution in [0.2, 0.25) is 0 Å². The lowest BCUT2D eigenvalue weighted by molar-refractivity contribution is -0.136. The molecule has 5 heteroatoms. The Labute approximate surface area is 113 Å². The van der Waals surface area contributed by atoms with Crippen molar-refractivity contribution in [1.29, 1.82) is 0 Å². The van der Waals surface area contributed by atoms with Gasteiger partial charge in [0.25, 0.3) is 0 Å². The molecule has 19 heavy (non-hydrogen) atoms. The number of likely N-dealkylation sites (N-methyl/N-ethyl adjacent to an activating group) is 2. The largest absolute Gasteiger partial charge is 0.373 e. The lowest BCUT2D eigenvalue weighted by atomic mass is 10.1. The van der Waals surface area contributed by atoms with Gasteiger partial charge in [-0.3, -0.25) is 9.59 Å². The fourth-order valence-corrected chi connectivity index (χ4v) is 2.27. The Morgan fingerprint density at radius 1 is 1.42 bits per heavy atom. The molecule has 0 radical (unpaired) electrons. The zero-order valence-corrected chi connectivity index (χ0v) is 11.3. The van der Waals surface area contributed by atoms with E-state index in [1.165, 1.54) is 0 Å². The molecule has 2 amide bonds. The smallest absolute Gasteiger partial charge is 0.245 e. The SMILES string of the molecule is CCN(CC(=O)NC)C(=O)C1Cc2ccccc2N1. The third-order valence-electron chi connectivity index (χ3n) is 3.38. The van der Waals surface area contributed by atoms with Crippen LogP contribution in [0.25, 0.3) is 0 Å². The van der Waals surface area contributed by atoms with Crippen LogP contribution in [0.4, 0.5) is 5.69 Å². The number of rotatable bonds is 4.